The number of carbonyl (C=O) groups excluding carboxylic acids is 1. The Hall–Kier alpha value is -1.77. The highest BCUT2D eigenvalue weighted by molar-refractivity contribution is 5.72. The second kappa shape index (κ2) is 6.98. The Labute approximate surface area is 114 Å². The fourth-order valence-electron chi connectivity index (χ4n) is 2.36. The van der Waals surface area contributed by atoms with Crippen molar-refractivity contribution in [3.8, 4) is 0 Å². The number of hydrogen-bond donors (Lipinski definition) is 0. The van der Waals surface area contributed by atoms with Gasteiger partial charge in [0.2, 0.25) is 0 Å². The Morgan fingerprint density at radius 3 is 2.58 bits per heavy atom. The Balaban J connectivity index is 1.77. The maximum atomic E-state index is 12.0. The molecule has 3 heteroatoms. The standard InChI is InChI=1S/C16H20O3/c1-18-11-14-7-9-15(10-8-14)16(17)19-12-13-5-3-2-4-6-13/h2-6,11,15H,7-10,12H2,1H3. The molecule has 0 heterocycles. The van der Waals surface area contributed by atoms with E-state index in [1.165, 1.54) is 5.57 Å². The number of benzene rings is 1. The van der Waals surface area contributed by atoms with Gasteiger partial charge in [-0.1, -0.05) is 30.3 Å². The van der Waals surface area contributed by atoms with Gasteiger partial charge in [0, 0.05) is 0 Å². The molecule has 19 heavy (non-hydrogen) atoms. The monoisotopic (exact) mass is 260 g/mol. The van der Waals surface area contributed by atoms with E-state index in [2.05, 4.69) is 0 Å². The lowest BCUT2D eigenvalue weighted by atomic mass is 9.86. The molecule has 0 atom stereocenters. The maximum Gasteiger partial charge on any atom is 0.309 e. The molecule has 0 saturated heterocycles. The van der Waals surface area contributed by atoms with Gasteiger partial charge in [0.05, 0.1) is 19.3 Å². The van der Waals surface area contributed by atoms with Crippen molar-refractivity contribution in [3.63, 3.8) is 0 Å². The van der Waals surface area contributed by atoms with Gasteiger partial charge in [-0.05, 0) is 36.8 Å². The summed E-state index contributed by atoms with van der Waals surface area (Å²) in [4.78, 5) is 12.0. The summed E-state index contributed by atoms with van der Waals surface area (Å²) < 4.78 is 10.4. The molecule has 0 aliphatic heterocycles. The first-order valence-electron chi connectivity index (χ1n) is 6.71. The molecule has 0 bridgehead atoms. The highest BCUT2D eigenvalue weighted by Crippen LogP contribution is 2.29. The molecule has 0 N–H and O–H groups in total. The van der Waals surface area contributed by atoms with Gasteiger partial charge in [-0.3, -0.25) is 4.79 Å². The zero-order valence-electron chi connectivity index (χ0n) is 11.3. The molecule has 0 radical (unpaired) electrons. The zero-order valence-corrected chi connectivity index (χ0v) is 11.3. The van der Waals surface area contributed by atoms with Gasteiger partial charge in [0.15, 0.2) is 0 Å². The van der Waals surface area contributed by atoms with Gasteiger partial charge in [-0.25, -0.2) is 0 Å². The molecule has 3 nitrogen and oxygen atoms in total. The lowest BCUT2D eigenvalue weighted by Gasteiger charge is -2.22. The molecule has 1 aliphatic rings. The predicted molar refractivity (Wildman–Crippen MR) is 73.3 cm³/mol. The van der Waals surface area contributed by atoms with Gasteiger partial charge in [-0.15, -0.1) is 0 Å². The molecule has 1 fully saturated rings. The largest absolute Gasteiger partial charge is 0.504 e. The number of rotatable bonds is 4. The van der Waals surface area contributed by atoms with Crippen LogP contribution in [0.1, 0.15) is 31.2 Å². The first-order valence-corrected chi connectivity index (χ1v) is 6.71. The molecule has 0 spiro atoms. The van der Waals surface area contributed by atoms with Crippen molar-refractivity contribution < 1.29 is 14.3 Å². The molecular weight excluding hydrogens is 240 g/mol. The van der Waals surface area contributed by atoms with Gasteiger partial charge >= 0.3 is 5.97 Å². The average molecular weight is 260 g/mol. The van der Waals surface area contributed by atoms with Crippen molar-refractivity contribution in [1.29, 1.82) is 0 Å². The lowest BCUT2D eigenvalue weighted by Crippen LogP contribution is -2.21. The van der Waals surface area contributed by atoms with E-state index in [1.807, 2.05) is 30.3 Å². The fraction of sp³-hybridized carbons (Fsp3) is 0.438. The fourth-order valence-corrected chi connectivity index (χ4v) is 2.36. The summed E-state index contributed by atoms with van der Waals surface area (Å²) in [5.41, 5.74) is 2.32. The smallest absolute Gasteiger partial charge is 0.309 e. The number of ether oxygens (including phenoxy) is 2. The van der Waals surface area contributed by atoms with Crippen molar-refractivity contribution in [3.05, 3.63) is 47.7 Å². The van der Waals surface area contributed by atoms with Crippen molar-refractivity contribution in [2.45, 2.75) is 32.3 Å². The molecule has 1 aromatic carbocycles. The van der Waals surface area contributed by atoms with Crippen molar-refractivity contribution in [1.82, 2.24) is 0 Å². The number of carbonyl (C=O) groups is 1. The van der Waals surface area contributed by atoms with Crippen LogP contribution >= 0.6 is 0 Å². The van der Waals surface area contributed by atoms with Crippen LogP contribution in [0, 0.1) is 5.92 Å². The van der Waals surface area contributed by atoms with E-state index in [9.17, 15) is 4.79 Å². The van der Waals surface area contributed by atoms with Crippen LogP contribution in [0.4, 0.5) is 0 Å². The SMILES string of the molecule is COC=C1CCC(C(=O)OCc2ccccc2)CC1. The normalized spacial score (nSPS) is 18.8. The summed E-state index contributed by atoms with van der Waals surface area (Å²) in [6.07, 6.45) is 5.38. The van der Waals surface area contributed by atoms with Crippen LogP contribution in [-0.2, 0) is 20.9 Å². The van der Waals surface area contributed by atoms with Gasteiger partial charge in [-0.2, -0.15) is 0 Å². The molecule has 0 amide bonds. The van der Waals surface area contributed by atoms with Crippen LogP contribution in [0.15, 0.2) is 42.2 Å². The van der Waals surface area contributed by atoms with E-state index in [0.717, 1.165) is 31.2 Å². The van der Waals surface area contributed by atoms with Crippen LogP contribution < -0.4 is 0 Å². The van der Waals surface area contributed by atoms with Crippen LogP contribution in [0.3, 0.4) is 0 Å². The Kier molecular flexibility index (Phi) is 5.01. The number of allylic oxidation sites excluding steroid dienone is 1. The predicted octanol–water partition coefficient (Wildman–Crippen LogP) is 3.45. The first-order chi connectivity index (χ1) is 9.29. The molecule has 0 aromatic heterocycles. The quantitative estimate of drug-likeness (QED) is 0.614. The molecule has 1 aliphatic carbocycles. The Morgan fingerprint density at radius 1 is 1.26 bits per heavy atom. The lowest BCUT2D eigenvalue weighted by molar-refractivity contribution is -0.150. The summed E-state index contributed by atoms with van der Waals surface area (Å²) in [5.74, 6) is -0.0296. The third-order valence-electron chi connectivity index (χ3n) is 3.47. The minimum Gasteiger partial charge on any atom is -0.504 e. The number of esters is 1. The minimum atomic E-state index is -0.0691. The van der Waals surface area contributed by atoms with Gasteiger partial charge < -0.3 is 9.47 Å². The zero-order chi connectivity index (χ0) is 13.5. The number of hydrogen-bond acceptors (Lipinski definition) is 3. The van der Waals surface area contributed by atoms with E-state index in [-0.39, 0.29) is 11.9 Å². The van der Waals surface area contributed by atoms with Crippen LogP contribution in [-0.4, -0.2) is 13.1 Å². The van der Waals surface area contributed by atoms with Gasteiger partial charge in [0.1, 0.15) is 6.61 Å². The molecule has 102 valence electrons. The average Bonchev–Trinajstić information content (AvgIpc) is 2.47. The maximum absolute atomic E-state index is 12.0. The third-order valence-corrected chi connectivity index (χ3v) is 3.47. The van der Waals surface area contributed by atoms with E-state index < -0.39 is 0 Å². The highest BCUT2D eigenvalue weighted by atomic mass is 16.5. The first kappa shape index (κ1) is 13.7. The molecule has 2 rings (SSSR count). The Morgan fingerprint density at radius 2 is 1.95 bits per heavy atom. The van der Waals surface area contributed by atoms with Crippen molar-refractivity contribution >= 4 is 5.97 Å². The summed E-state index contributed by atoms with van der Waals surface area (Å²) in [6, 6.07) is 9.79. The second-order valence-electron chi connectivity index (χ2n) is 4.88. The van der Waals surface area contributed by atoms with Crippen LogP contribution in [0.25, 0.3) is 0 Å². The third kappa shape index (κ3) is 4.12. The topological polar surface area (TPSA) is 35.5 Å². The van der Waals surface area contributed by atoms with Gasteiger partial charge in [0.25, 0.3) is 0 Å². The summed E-state index contributed by atoms with van der Waals surface area (Å²) >= 11 is 0. The van der Waals surface area contributed by atoms with E-state index in [1.54, 1.807) is 13.4 Å². The molecular formula is C16H20O3. The summed E-state index contributed by atoms with van der Waals surface area (Å²) in [7, 11) is 1.66. The second-order valence-corrected chi connectivity index (χ2v) is 4.88. The molecule has 1 aromatic rings. The minimum absolute atomic E-state index is 0.0396. The number of methoxy groups -OCH3 is 1. The van der Waals surface area contributed by atoms with Crippen molar-refractivity contribution in [2.75, 3.05) is 7.11 Å². The molecule has 0 unspecified atom stereocenters. The highest BCUT2D eigenvalue weighted by Gasteiger charge is 2.24. The van der Waals surface area contributed by atoms with E-state index >= 15 is 0 Å². The Bertz CT molecular complexity index is 427. The van der Waals surface area contributed by atoms with Crippen LogP contribution in [0.5, 0.6) is 0 Å². The van der Waals surface area contributed by atoms with E-state index in [0.29, 0.717) is 6.61 Å². The summed E-state index contributed by atoms with van der Waals surface area (Å²) in [5, 5.41) is 0. The van der Waals surface area contributed by atoms with E-state index in [4.69, 9.17) is 9.47 Å². The van der Waals surface area contributed by atoms with Crippen molar-refractivity contribution in [2.24, 2.45) is 5.92 Å². The summed E-state index contributed by atoms with van der Waals surface area (Å²) in [6.45, 7) is 0.372. The molecule has 1 saturated carbocycles. The van der Waals surface area contributed by atoms with Crippen LogP contribution in [0.2, 0.25) is 0 Å².